The number of carbonyl (C=O) groups is 2. The molecule has 0 fully saturated rings. The van der Waals surface area contributed by atoms with Crippen LogP contribution in [0.15, 0.2) is 30.4 Å². The number of hydrogen-bond donors (Lipinski definition) is 2. The fraction of sp³-hybridized carbons (Fsp3) is 0.412. The molecule has 1 aromatic carbocycles. The number of benzene rings is 1. The lowest BCUT2D eigenvalue weighted by molar-refractivity contribution is -0.125. The van der Waals surface area contributed by atoms with Gasteiger partial charge in [0, 0.05) is 12.5 Å². The van der Waals surface area contributed by atoms with Crippen molar-refractivity contribution in [2.45, 2.75) is 25.7 Å². The summed E-state index contributed by atoms with van der Waals surface area (Å²) < 4.78 is 5.22. The van der Waals surface area contributed by atoms with Crippen molar-refractivity contribution in [2.75, 3.05) is 13.7 Å². The lowest BCUT2D eigenvalue weighted by Gasteiger charge is -2.17. The zero-order valence-electron chi connectivity index (χ0n) is 12.7. The van der Waals surface area contributed by atoms with Gasteiger partial charge in [0.05, 0.1) is 12.7 Å². The van der Waals surface area contributed by atoms with Gasteiger partial charge in [-0.2, -0.15) is 0 Å². The van der Waals surface area contributed by atoms with Crippen molar-refractivity contribution in [1.82, 2.24) is 5.32 Å². The van der Waals surface area contributed by atoms with Crippen LogP contribution in [0, 0.1) is 5.92 Å². The average Bonchev–Trinajstić information content (AvgIpc) is 2.55. The van der Waals surface area contributed by atoms with Gasteiger partial charge in [0.15, 0.2) is 0 Å². The van der Waals surface area contributed by atoms with E-state index in [-0.39, 0.29) is 17.4 Å². The van der Waals surface area contributed by atoms with Gasteiger partial charge in [-0.15, -0.1) is 0 Å². The van der Waals surface area contributed by atoms with Crippen molar-refractivity contribution in [3.8, 4) is 5.75 Å². The monoisotopic (exact) mass is 303 g/mol. The van der Waals surface area contributed by atoms with Crippen LogP contribution in [0.3, 0.4) is 0 Å². The second-order valence-electron chi connectivity index (χ2n) is 5.35. The lowest BCUT2D eigenvalue weighted by atomic mass is 9.93. The number of nitrogens with one attached hydrogen (secondary N) is 1. The van der Waals surface area contributed by atoms with E-state index in [4.69, 9.17) is 9.84 Å². The molecule has 0 heterocycles. The van der Waals surface area contributed by atoms with E-state index in [1.807, 2.05) is 0 Å². The third kappa shape index (κ3) is 4.10. The molecular formula is C17H21NO4. The highest BCUT2D eigenvalue weighted by Crippen LogP contribution is 2.21. The van der Waals surface area contributed by atoms with Gasteiger partial charge in [-0.1, -0.05) is 18.2 Å². The summed E-state index contributed by atoms with van der Waals surface area (Å²) in [6.45, 7) is 0.516. The molecule has 1 aliphatic carbocycles. The van der Waals surface area contributed by atoms with Crippen LogP contribution in [-0.2, 0) is 11.2 Å². The van der Waals surface area contributed by atoms with Crippen LogP contribution in [0.4, 0.5) is 0 Å². The van der Waals surface area contributed by atoms with Crippen LogP contribution in [0.5, 0.6) is 5.75 Å². The van der Waals surface area contributed by atoms with Gasteiger partial charge < -0.3 is 15.2 Å². The Bertz CT molecular complexity index is 580. The quantitative estimate of drug-likeness (QED) is 0.791. The zero-order valence-corrected chi connectivity index (χ0v) is 12.7. The summed E-state index contributed by atoms with van der Waals surface area (Å²) in [4.78, 5) is 23.0. The summed E-state index contributed by atoms with van der Waals surface area (Å²) in [5.41, 5.74) is 1.08. The minimum atomic E-state index is -0.983. The van der Waals surface area contributed by atoms with E-state index in [0.29, 0.717) is 18.7 Å². The third-order valence-corrected chi connectivity index (χ3v) is 3.87. The van der Waals surface area contributed by atoms with Crippen LogP contribution in [0.1, 0.15) is 35.2 Å². The molecule has 0 bridgehead atoms. The van der Waals surface area contributed by atoms with E-state index in [1.54, 1.807) is 12.1 Å². The fourth-order valence-electron chi connectivity index (χ4n) is 2.58. The van der Waals surface area contributed by atoms with Crippen molar-refractivity contribution in [2.24, 2.45) is 5.92 Å². The summed E-state index contributed by atoms with van der Waals surface area (Å²) in [5.74, 6) is -0.287. The summed E-state index contributed by atoms with van der Waals surface area (Å²) in [6.07, 6.45) is 7.45. The number of carboxylic acid groups (broad SMARTS) is 1. The number of ether oxygens (including phenoxy) is 1. The molecule has 0 spiro atoms. The van der Waals surface area contributed by atoms with Gasteiger partial charge in [0.2, 0.25) is 5.91 Å². The predicted octanol–water partition coefficient (Wildman–Crippen LogP) is 2.41. The maximum absolute atomic E-state index is 12.0. The number of carbonyl (C=O) groups excluding carboxylic acids is 1. The predicted molar refractivity (Wildman–Crippen MR) is 83.1 cm³/mol. The van der Waals surface area contributed by atoms with Gasteiger partial charge in [0.25, 0.3) is 0 Å². The molecule has 2 rings (SSSR count). The third-order valence-electron chi connectivity index (χ3n) is 3.87. The molecule has 0 saturated carbocycles. The molecule has 0 radical (unpaired) electrons. The van der Waals surface area contributed by atoms with Crippen molar-refractivity contribution >= 4 is 11.9 Å². The Labute approximate surface area is 130 Å². The van der Waals surface area contributed by atoms with Crippen molar-refractivity contribution in [1.29, 1.82) is 0 Å². The minimum absolute atomic E-state index is 0.0706. The molecule has 0 aliphatic heterocycles. The standard InChI is InChI=1S/C17H21NO4/c1-22-15-11-14(17(20)21)8-7-12(15)9-10-18-16(19)13-5-3-2-4-6-13/h2-3,7-8,11,13H,4-6,9-10H2,1H3,(H,18,19)(H,20,21). The Hall–Kier alpha value is -2.30. The van der Waals surface area contributed by atoms with Crippen molar-refractivity contribution < 1.29 is 19.4 Å². The van der Waals surface area contributed by atoms with Crippen LogP contribution < -0.4 is 10.1 Å². The highest BCUT2D eigenvalue weighted by Gasteiger charge is 2.18. The van der Waals surface area contributed by atoms with Gasteiger partial charge in [0.1, 0.15) is 5.75 Å². The zero-order chi connectivity index (χ0) is 15.9. The molecule has 5 heteroatoms. The van der Waals surface area contributed by atoms with E-state index in [9.17, 15) is 9.59 Å². The van der Waals surface area contributed by atoms with E-state index in [2.05, 4.69) is 17.5 Å². The average molecular weight is 303 g/mol. The first kappa shape index (κ1) is 16.1. The highest BCUT2D eigenvalue weighted by atomic mass is 16.5. The second-order valence-corrected chi connectivity index (χ2v) is 5.35. The number of carboxylic acids is 1. The molecular weight excluding hydrogens is 282 g/mol. The molecule has 118 valence electrons. The van der Waals surface area contributed by atoms with Gasteiger partial charge in [-0.05, 0) is 43.4 Å². The second kappa shape index (κ2) is 7.64. The van der Waals surface area contributed by atoms with Crippen LogP contribution >= 0.6 is 0 Å². The largest absolute Gasteiger partial charge is 0.496 e. The molecule has 1 amide bonds. The SMILES string of the molecule is COc1cc(C(=O)O)ccc1CCNC(=O)C1CC=CCC1. The van der Waals surface area contributed by atoms with Crippen LogP contribution in [0.2, 0.25) is 0 Å². The Balaban J connectivity index is 1.89. The summed E-state index contributed by atoms with van der Waals surface area (Å²) in [5, 5.41) is 11.9. The Morgan fingerprint density at radius 1 is 1.36 bits per heavy atom. The molecule has 1 aliphatic rings. The summed E-state index contributed by atoms with van der Waals surface area (Å²) in [6, 6.07) is 4.79. The van der Waals surface area contributed by atoms with Gasteiger partial charge in [-0.3, -0.25) is 4.79 Å². The maximum atomic E-state index is 12.0. The first-order chi connectivity index (χ1) is 10.6. The van der Waals surface area contributed by atoms with Crippen LogP contribution in [-0.4, -0.2) is 30.6 Å². The molecule has 5 nitrogen and oxygen atoms in total. The normalized spacial score (nSPS) is 17.0. The first-order valence-corrected chi connectivity index (χ1v) is 7.44. The number of aromatic carboxylic acids is 1. The smallest absolute Gasteiger partial charge is 0.335 e. The minimum Gasteiger partial charge on any atom is -0.496 e. The van der Waals surface area contributed by atoms with E-state index in [0.717, 1.165) is 24.8 Å². The number of amides is 1. The topological polar surface area (TPSA) is 75.6 Å². The molecule has 2 N–H and O–H groups in total. The number of hydrogen-bond acceptors (Lipinski definition) is 3. The van der Waals surface area contributed by atoms with Gasteiger partial charge in [-0.25, -0.2) is 4.79 Å². The molecule has 22 heavy (non-hydrogen) atoms. The van der Waals surface area contributed by atoms with E-state index >= 15 is 0 Å². The Morgan fingerprint density at radius 3 is 2.82 bits per heavy atom. The van der Waals surface area contributed by atoms with E-state index in [1.165, 1.54) is 13.2 Å². The molecule has 1 atom stereocenters. The highest BCUT2D eigenvalue weighted by molar-refractivity contribution is 5.88. The Morgan fingerprint density at radius 2 is 2.18 bits per heavy atom. The Kier molecular flexibility index (Phi) is 5.58. The summed E-state index contributed by atoms with van der Waals surface area (Å²) >= 11 is 0. The summed E-state index contributed by atoms with van der Waals surface area (Å²) in [7, 11) is 1.51. The van der Waals surface area contributed by atoms with Crippen molar-refractivity contribution in [3.63, 3.8) is 0 Å². The van der Waals surface area contributed by atoms with Crippen LogP contribution in [0.25, 0.3) is 0 Å². The van der Waals surface area contributed by atoms with Gasteiger partial charge >= 0.3 is 5.97 Å². The maximum Gasteiger partial charge on any atom is 0.335 e. The molecule has 0 aromatic heterocycles. The first-order valence-electron chi connectivity index (χ1n) is 7.44. The number of methoxy groups -OCH3 is 1. The number of rotatable bonds is 6. The fourth-order valence-corrected chi connectivity index (χ4v) is 2.58. The lowest BCUT2D eigenvalue weighted by Crippen LogP contribution is -2.32. The van der Waals surface area contributed by atoms with E-state index < -0.39 is 5.97 Å². The molecule has 1 unspecified atom stereocenters. The molecule has 1 aromatic rings. The molecule has 0 saturated heterocycles. The van der Waals surface area contributed by atoms with Crippen molar-refractivity contribution in [3.05, 3.63) is 41.5 Å². The number of allylic oxidation sites excluding steroid dienone is 2.